The number of piperidine rings is 1. The average Bonchev–Trinajstić information content (AvgIpc) is 3.02. The molecule has 148 valence electrons. The minimum absolute atomic E-state index is 0.0413. The number of rotatable bonds is 3. The first-order chi connectivity index (χ1) is 13.0. The van der Waals surface area contributed by atoms with Crippen LogP contribution < -0.4 is 9.47 Å². The number of aliphatic hydroxyl groups is 3. The molecule has 0 radical (unpaired) electrons. The molecule has 3 N–H and O–H groups in total. The van der Waals surface area contributed by atoms with E-state index >= 15 is 0 Å². The van der Waals surface area contributed by atoms with E-state index in [1.807, 2.05) is 6.07 Å². The van der Waals surface area contributed by atoms with Gasteiger partial charge in [-0.2, -0.15) is 0 Å². The zero-order valence-electron chi connectivity index (χ0n) is 16.2. The molecule has 6 heteroatoms. The molecule has 6 atom stereocenters. The Morgan fingerprint density at radius 1 is 1.30 bits per heavy atom. The molecule has 1 aromatic rings. The van der Waals surface area contributed by atoms with Gasteiger partial charge in [0.15, 0.2) is 11.5 Å². The number of methoxy groups -OCH3 is 1. The third kappa shape index (κ3) is 1.81. The molecule has 1 saturated carbocycles. The lowest BCUT2D eigenvalue weighted by atomic mass is 9.43. The van der Waals surface area contributed by atoms with Crippen molar-refractivity contribution in [1.82, 2.24) is 4.90 Å². The molecular weight excluding hydrogens is 346 g/mol. The molecule has 1 aromatic carbocycles. The third-order valence-corrected chi connectivity index (χ3v) is 8.44. The van der Waals surface area contributed by atoms with E-state index < -0.39 is 17.6 Å². The molecule has 1 saturated heterocycles. The number of likely N-dealkylation sites (N-methyl/N-ethyl adjacent to an activating group) is 1. The van der Waals surface area contributed by atoms with Crippen LogP contribution in [-0.4, -0.2) is 72.4 Å². The summed E-state index contributed by atoms with van der Waals surface area (Å²) in [6.07, 6.45) is 0.403. The molecule has 2 aliphatic carbocycles. The number of benzene rings is 1. The van der Waals surface area contributed by atoms with Crippen LogP contribution in [0.5, 0.6) is 11.5 Å². The highest BCUT2D eigenvalue weighted by atomic mass is 16.5. The van der Waals surface area contributed by atoms with Crippen molar-refractivity contribution in [3.8, 4) is 11.5 Å². The van der Waals surface area contributed by atoms with Gasteiger partial charge in [-0.3, -0.25) is 0 Å². The van der Waals surface area contributed by atoms with Gasteiger partial charge in [-0.15, -0.1) is 0 Å². The maximum atomic E-state index is 11.4. The predicted octanol–water partition coefficient (Wildman–Crippen LogP) is 0.552. The summed E-state index contributed by atoms with van der Waals surface area (Å²) >= 11 is 0. The van der Waals surface area contributed by atoms with Crippen LogP contribution in [0.4, 0.5) is 0 Å². The Hall–Kier alpha value is -1.34. The summed E-state index contributed by atoms with van der Waals surface area (Å²) in [7, 11) is 3.80. The van der Waals surface area contributed by atoms with E-state index in [1.54, 1.807) is 7.11 Å². The van der Waals surface area contributed by atoms with E-state index in [9.17, 15) is 15.3 Å². The predicted molar refractivity (Wildman–Crippen MR) is 99.1 cm³/mol. The first-order valence-electron chi connectivity index (χ1n) is 9.93. The summed E-state index contributed by atoms with van der Waals surface area (Å²) in [5.74, 6) is 1.61. The summed E-state index contributed by atoms with van der Waals surface area (Å²) in [5.41, 5.74) is 1.22. The topological polar surface area (TPSA) is 82.4 Å². The van der Waals surface area contributed by atoms with Crippen molar-refractivity contribution in [2.45, 2.75) is 43.4 Å². The highest BCUT2D eigenvalue weighted by Gasteiger charge is 2.72. The van der Waals surface area contributed by atoms with Crippen molar-refractivity contribution in [3.05, 3.63) is 23.3 Å². The van der Waals surface area contributed by atoms with Crippen molar-refractivity contribution in [2.75, 3.05) is 33.9 Å². The number of nitrogens with zero attached hydrogens (tertiary/aromatic N) is 1. The number of ether oxygens (including phenoxy) is 2. The van der Waals surface area contributed by atoms with Crippen LogP contribution >= 0.6 is 0 Å². The van der Waals surface area contributed by atoms with Gasteiger partial charge in [-0.1, -0.05) is 13.0 Å². The summed E-state index contributed by atoms with van der Waals surface area (Å²) in [6, 6.07) is 4.40. The molecule has 27 heavy (non-hydrogen) atoms. The number of hydrogen-bond donors (Lipinski definition) is 3. The van der Waals surface area contributed by atoms with Crippen LogP contribution in [0, 0.1) is 17.3 Å². The summed E-state index contributed by atoms with van der Waals surface area (Å²) in [5, 5.41) is 31.9. The Labute approximate surface area is 159 Å². The number of hydrogen-bond acceptors (Lipinski definition) is 6. The zero-order chi connectivity index (χ0) is 19.1. The van der Waals surface area contributed by atoms with E-state index in [4.69, 9.17) is 9.47 Å². The van der Waals surface area contributed by atoms with Gasteiger partial charge in [0.1, 0.15) is 12.2 Å². The first-order valence-corrected chi connectivity index (χ1v) is 9.93. The molecule has 1 spiro atoms. The largest absolute Gasteiger partial charge is 0.493 e. The zero-order valence-corrected chi connectivity index (χ0v) is 16.2. The Bertz CT molecular complexity index is 778. The standard InChI is InChI=1S/C21H29NO5/c1-11-15-13-8-12-4-5-14(26-3)17-16(12)21(15,6-7-22(13)2)19(27-17)18(25)20(11,9-23)10-24/h4-5,11,13,15,18-19,23-25H,6-10H2,1-3H3/t11-,13-,15+,18+,19+,21+/m1/s1. The molecule has 2 aliphatic heterocycles. The van der Waals surface area contributed by atoms with Gasteiger partial charge in [-0.05, 0) is 49.9 Å². The van der Waals surface area contributed by atoms with E-state index in [2.05, 4.69) is 24.9 Å². The maximum absolute atomic E-state index is 11.4. The lowest BCUT2D eigenvalue weighted by Gasteiger charge is -2.65. The highest BCUT2D eigenvalue weighted by molar-refractivity contribution is 5.61. The molecule has 0 amide bonds. The van der Waals surface area contributed by atoms with E-state index in [0.717, 1.165) is 25.1 Å². The molecule has 0 unspecified atom stereocenters. The van der Waals surface area contributed by atoms with Gasteiger partial charge in [0.2, 0.25) is 0 Å². The Morgan fingerprint density at radius 3 is 2.70 bits per heavy atom. The molecular formula is C21H29NO5. The molecule has 4 aliphatic rings. The lowest BCUT2D eigenvalue weighted by Crippen LogP contribution is -2.74. The van der Waals surface area contributed by atoms with Crippen molar-refractivity contribution >= 4 is 0 Å². The maximum Gasteiger partial charge on any atom is 0.165 e. The van der Waals surface area contributed by atoms with Crippen LogP contribution in [0.1, 0.15) is 24.5 Å². The molecule has 5 rings (SSSR count). The normalized spacial score (nSPS) is 41.0. The molecule has 6 nitrogen and oxygen atoms in total. The second-order valence-corrected chi connectivity index (χ2v) is 9.02. The average molecular weight is 375 g/mol. The Balaban J connectivity index is 1.80. The SMILES string of the molecule is COc1ccc2c3c1O[C@H]1[C@H](O)C(CO)(CO)[C@H](C)[C@H]4[C@@H](C2)N(C)CC[C@@]341. The van der Waals surface area contributed by atoms with E-state index in [1.165, 1.54) is 11.1 Å². The van der Waals surface area contributed by atoms with Gasteiger partial charge < -0.3 is 29.7 Å². The highest BCUT2D eigenvalue weighted by Crippen LogP contribution is 2.67. The van der Waals surface area contributed by atoms with Gasteiger partial charge >= 0.3 is 0 Å². The van der Waals surface area contributed by atoms with Crippen molar-refractivity contribution < 1.29 is 24.8 Å². The van der Waals surface area contributed by atoms with Crippen LogP contribution in [0.15, 0.2) is 12.1 Å². The summed E-state index contributed by atoms with van der Waals surface area (Å²) < 4.78 is 12.0. The van der Waals surface area contributed by atoms with E-state index in [-0.39, 0.29) is 30.5 Å². The molecule has 2 fully saturated rings. The fraction of sp³-hybridized carbons (Fsp3) is 0.714. The minimum Gasteiger partial charge on any atom is -0.493 e. The smallest absolute Gasteiger partial charge is 0.165 e. The quantitative estimate of drug-likeness (QED) is 0.716. The second kappa shape index (κ2) is 5.60. The fourth-order valence-electron chi connectivity index (χ4n) is 6.96. The Kier molecular flexibility index (Phi) is 3.68. The second-order valence-electron chi connectivity index (χ2n) is 9.02. The van der Waals surface area contributed by atoms with Crippen LogP contribution in [-0.2, 0) is 11.8 Å². The third-order valence-electron chi connectivity index (χ3n) is 8.44. The van der Waals surface area contributed by atoms with Crippen molar-refractivity contribution in [2.24, 2.45) is 17.3 Å². The van der Waals surface area contributed by atoms with E-state index in [0.29, 0.717) is 11.8 Å². The summed E-state index contributed by atoms with van der Waals surface area (Å²) in [4.78, 5) is 2.41. The van der Waals surface area contributed by atoms with Gasteiger partial charge in [-0.25, -0.2) is 0 Å². The van der Waals surface area contributed by atoms with Crippen LogP contribution in [0.25, 0.3) is 0 Å². The fourth-order valence-corrected chi connectivity index (χ4v) is 6.96. The van der Waals surface area contributed by atoms with Gasteiger partial charge in [0.25, 0.3) is 0 Å². The number of aliphatic hydroxyl groups excluding tert-OH is 3. The van der Waals surface area contributed by atoms with Gasteiger partial charge in [0, 0.05) is 22.4 Å². The molecule has 2 heterocycles. The van der Waals surface area contributed by atoms with Crippen molar-refractivity contribution in [3.63, 3.8) is 0 Å². The molecule has 0 aromatic heterocycles. The number of likely N-dealkylation sites (tertiary alicyclic amines) is 1. The van der Waals surface area contributed by atoms with Crippen LogP contribution in [0.2, 0.25) is 0 Å². The minimum atomic E-state index is -0.970. The molecule has 2 bridgehead atoms. The lowest BCUT2D eigenvalue weighted by molar-refractivity contribution is -0.217. The monoisotopic (exact) mass is 375 g/mol. The van der Waals surface area contributed by atoms with Crippen molar-refractivity contribution in [1.29, 1.82) is 0 Å². The summed E-state index contributed by atoms with van der Waals surface area (Å²) in [6.45, 7) is 2.53. The first kappa shape index (κ1) is 17.7. The van der Waals surface area contributed by atoms with Crippen LogP contribution in [0.3, 0.4) is 0 Å². The Morgan fingerprint density at radius 2 is 2.04 bits per heavy atom. The van der Waals surface area contributed by atoms with Gasteiger partial charge in [0.05, 0.1) is 20.3 Å².